The highest BCUT2D eigenvalue weighted by atomic mass is 32.2. The van der Waals surface area contributed by atoms with Gasteiger partial charge in [-0.1, -0.05) is 36.4 Å². The van der Waals surface area contributed by atoms with Crippen molar-refractivity contribution in [3.63, 3.8) is 0 Å². The van der Waals surface area contributed by atoms with E-state index in [1.54, 1.807) is 29.8 Å². The van der Waals surface area contributed by atoms with Crippen molar-refractivity contribution < 1.29 is 9.72 Å². The van der Waals surface area contributed by atoms with Crippen LogP contribution in [0.3, 0.4) is 0 Å². The molecule has 33 heavy (non-hydrogen) atoms. The summed E-state index contributed by atoms with van der Waals surface area (Å²) in [6.45, 7) is 3.95. The molecule has 0 saturated heterocycles. The first-order valence-corrected chi connectivity index (χ1v) is 11.4. The molecule has 1 amide bonds. The summed E-state index contributed by atoms with van der Waals surface area (Å²) in [4.78, 5) is 31.0. The summed E-state index contributed by atoms with van der Waals surface area (Å²) in [5.74, 6) is -0.401. The van der Waals surface area contributed by atoms with Gasteiger partial charge in [0.15, 0.2) is 10.3 Å². The van der Waals surface area contributed by atoms with Crippen LogP contribution in [0.1, 0.15) is 10.4 Å². The second kappa shape index (κ2) is 9.76. The molecule has 9 nitrogen and oxygen atoms in total. The molecule has 0 aliphatic heterocycles. The Kier molecular flexibility index (Phi) is 6.61. The molecule has 4 rings (SSSR count). The summed E-state index contributed by atoms with van der Waals surface area (Å²) in [6.07, 6.45) is 3.10. The van der Waals surface area contributed by atoms with Crippen molar-refractivity contribution in [1.29, 1.82) is 0 Å². The normalized spacial score (nSPS) is 10.7. The molecule has 0 fully saturated rings. The smallest absolute Gasteiger partial charge is 0.284 e. The number of hydrogen-bond acceptors (Lipinski definition) is 8. The molecule has 0 aliphatic carbocycles. The molecule has 2 aromatic heterocycles. The van der Waals surface area contributed by atoms with Gasteiger partial charge in [-0.25, -0.2) is 4.98 Å². The van der Waals surface area contributed by atoms with E-state index in [4.69, 9.17) is 0 Å². The van der Waals surface area contributed by atoms with Crippen molar-refractivity contribution in [2.75, 3.05) is 11.4 Å². The van der Waals surface area contributed by atoms with Gasteiger partial charge in [-0.15, -0.1) is 28.1 Å². The number of rotatable bonds is 8. The lowest BCUT2D eigenvalue weighted by Gasteiger charge is -2.18. The molecule has 2 heterocycles. The average molecular weight is 479 g/mol. The second-order valence-corrected chi connectivity index (χ2v) is 8.70. The maximum atomic E-state index is 13.3. The Morgan fingerprint density at radius 3 is 2.76 bits per heavy atom. The Bertz CT molecular complexity index is 1320. The Morgan fingerprint density at radius 2 is 2.09 bits per heavy atom. The number of nitro benzene ring substituents is 1. The maximum Gasteiger partial charge on any atom is 0.284 e. The van der Waals surface area contributed by atoms with E-state index in [0.717, 1.165) is 23.0 Å². The number of aromatic nitrogens is 4. The Morgan fingerprint density at radius 1 is 1.30 bits per heavy atom. The molecule has 0 unspecified atom stereocenters. The standard InChI is InChI=1S/C22H18N6O3S2/c1-3-11-27(21-24-17(13-32-21)15-7-5-4-6-8-15)20(29)16-9-10-19(18(12-16)28(30)31)33-22-25-23-14-26(22)2/h3-10,12-14H,1,11H2,2H3. The van der Waals surface area contributed by atoms with Crippen LogP contribution >= 0.6 is 23.1 Å². The summed E-state index contributed by atoms with van der Waals surface area (Å²) in [5, 5.41) is 22.3. The van der Waals surface area contributed by atoms with Crippen molar-refractivity contribution >= 4 is 39.8 Å². The minimum atomic E-state index is -0.510. The van der Waals surface area contributed by atoms with E-state index >= 15 is 0 Å². The Balaban J connectivity index is 1.65. The van der Waals surface area contributed by atoms with E-state index in [1.807, 2.05) is 35.7 Å². The van der Waals surface area contributed by atoms with Gasteiger partial charge in [0.1, 0.15) is 6.33 Å². The van der Waals surface area contributed by atoms with Crippen LogP contribution in [0.5, 0.6) is 0 Å². The number of carbonyl (C=O) groups is 1. The number of carbonyl (C=O) groups excluding carboxylic acids is 1. The van der Waals surface area contributed by atoms with Gasteiger partial charge in [-0.2, -0.15) is 0 Å². The lowest BCUT2D eigenvalue weighted by atomic mass is 10.1. The van der Waals surface area contributed by atoms with Crippen LogP contribution in [-0.4, -0.2) is 37.1 Å². The van der Waals surface area contributed by atoms with Gasteiger partial charge in [-0.05, 0) is 23.9 Å². The van der Waals surface area contributed by atoms with Crippen LogP contribution in [0, 0.1) is 10.1 Å². The lowest BCUT2D eigenvalue weighted by Crippen LogP contribution is -2.31. The van der Waals surface area contributed by atoms with Crippen LogP contribution in [0.25, 0.3) is 11.3 Å². The summed E-state index contributed by atoms with van der Waals surface area (Å²) in [6, 6.07) is 14.0. The van der Waals surface area contributed by atoms with Gasteiger partial charge in [-0.3, -0.25) is 19.8 Å². The van der Waals surface area contributed by atoms with E-state index in [2.05, 4.69) is 21.8 Å². The number of hydrogen-bond donors (Lipinski definition) is 0. The molecule has 166 valence electrons. The minimum Gasteiger partial charge on any atom is -0.311 e. The van der Waals surface area contributed by atoms with Gasteiger partial charge in [0.25, 0.3) is 11.6 Å². The molecular formula is C22H18N6O3S2. The first-order chi connectivity index (χ1) is 16.0. The van der Waals surface area contributed by atoms with Gasteiger partial charge in [0.2, 0.25) is 0 Å². The molecule has 0 spiro atoms. The molecule has 0 radical (unpaired) electrons. The first kappa shape index (κ1) is 22.4. The lowest BCUT2D eigenvalue weighted by molar-refractivity contribution is -0.387. The molecule has 0 atom stereocenters. The van der Waals surface area contributed by atoms with Gasteiger partial charge in [0, 0.05) is 36.2 Å². The zero-order chi connectivity index (χ0) is 23.4. The van der Waals surface area contributed by atoms with Crippen LogP contribution in [0.15, 0.2) is 82.9 Å². The molecule has 0 N–H and O–H groups in total. The van der Waals surface area contributed by atoms with Crippen molar-refractivity contribution in [3.8, 4) is 11.3 Å². The molecule has 0 bridgehead atoms. The van der Waals surface area contributed by atoms with Crippen LogP contribution in [-0.2, 0) is 7.05 Å². The molecule has 2 aromatic carbocycles. The SMILES string of the molecule is C=CCN(C(=O)c1ccc(Sc2nncn2C)c([N+](=O)[O-])c1)c1nc(-c2ccccc2)cs1. The fraction of sp³-hybridized carbons (Fsp3) is 0.0909. The fourth-order valence-electron chi connectivity index (χ4n) is 3.01. The first-order valence-electron chi connectivity index (χ1n) is 9.72. The minimum absolute atomic E-state index is 0.183. The number of nitrogens with zero attached hydrogens (tertiary/aromatic N) is 6. The van der Waals surface area contributed by atoms with Gasteiger partial charge in [0.05, 0.1) is 15.5 Å². The Hall–Kier alpha value is -3.83. The average Bonchev–Trinajstić information content (AvgIpc) is 3.47. The monoisotopic (exact) mass is 478 g/mol. The second-order valence-electron chi connectivity index (χ2n) is 6.85. The number of nitro groups is 1. The van der Waals surface area contributed by atoms with Crippen molar-refractivity contribution in [2.24, 2.45) is 7.05 Å². The van der Waals surface area contributed by atoms with E-state index in [1.165, 1.54) is 28.6 Å². The zero-order valence-corrected chi connectivity index (χ0v) is 19.1. The van der Waals surface area contributed by atoms with Crippen LogP contribution in [0.2, 0.25) is 0 Å². The molecule has 0 aliphatic rings. The predicted octanol–water partition coefficient (Wildman–Crippen LogP) is 4.83. The summed E-state index contributed by atoms with van der Waals surface area (Å²) >= 11 is 2.43. The highest BCUT2D eigenvalue weighted by Crippen LogP contribution is 2.35. The third-order valence-corrected chi connectivity index (χ3v) is 6.60. The fourth-order valence-corrected chi connectivity index (χ4v) is 4.70. The van der Waals surface area contributed by atoms with Gasteiger partial charge >= 0.3 is 0 Å². The van der Waals surface area contributed by atoms with Crippen molar-refractivity contribution in [1.82, 2.24) is 19.7 Å². The van der Waals surface area contributed by atoms with E-state index in [-0.39, 0.29) is 17.8 Å². The van der Waals surface area contributed by atoms with Crippen molar-refractivity contribution in [2.45, 2.75) is 10.1 Å². The third-order valence-electron chi connectivity index (χ3n) is 4.62. The summed E-state index contributed by atoms with van der Waals surface area (Å²) in [7, 11) is 1.75. The predicted molar refractivity (Wildman–Crippen MR) is 128 cm³/mol. The number of aryl methyl sites for hydroxylation is 1. The zero-order valence-electron chi connectivity index (χ0n) is 17.5. The number of thiazole rings is 1. The molecular weight excluding hydrogens is 460 g/mol. The number of anilines is 1. The number of amides is 1. The topological polar surface area (TPSA) is 107 Å². The van der Waals surface area contributed by atoms with Crippen LogP contribution < -0.4 is 4.90 Å². The highest BCUT2D eigenvalue weighted by Gasteiger charge is 2.24. The van der Waals surface area contributed by atoms with Gasteiger partial charge < -0.3 is 4.57 Å². The quantitative estimate of drug-likeness (QED) is 0.203. The van der Waals surface area contributed by atoms with E-state index < -0.39 is 10.8 Å². The molecule has 0 saturated carbocycles. The van der Waals surface area contributed by atoms with Crippen LogP contribution in [0.4, 0.5) is 10.8 Å². The van der Waals surface area contributed by atoms with E-state index in [9.17, 15) is 14.9 Å². The largest absolute Gasteiger partial charge is 0.311 e. The van der Waals surface area contributed by atoms with E-state index in [0.29, 0.717) is 15.2 Å². The van der Waals surface area contributed by atoms with Crippen molar-refractivity contribution in [3.05, 3.63) is 88.6 Å². The summed E-state index contributed by atoms with van der Waals surface area (Å²) in [5.41, 5.74) is 1.68. The third kappa shape index (κ3) is 4.83. The Labute approximate surface area is 197 Å². The maximum absolute atomic E-state index is 13.3. The number of benzene rings is 2. The molecule has 4 aromatic rings. The highest BCUT2D eigenvalue weighted by molar-refractivity contribution is 7.99. The summed E-state index contributed by atoms with van der Waals surface area (Å²) < 4.78 is 1.66. The molecule has 11 heteroatoms.